The summed E-state index contributed by atoms with van der Waals surface area (Å²) in [5.74, 6) is 0.876. The number of nitrogens with zero attached hydrogens (tertiary/aromatic N) is 4. The molecule has 3 rings (SSSR count). The number of rotatable bonds is 4. The van der Waals surface area contributed by atoms with Crippen LogP contribution >= 0.6 is 15.9 Å². The van der Waals surface area contributed by atoms with Crippen LogP contribution in [-0.4, -0.2) is 20.2 Å². The average molecular weight is 334 g/mol. The number of furan rings is 1. The Morgan fingerprint density at radius 2 is 2.00 bits per heavy atom. The Bertz CT molecular complexity index is 677. The molecule has 1 aromatic carbocycles. The minimum atomic E-state index is 0.0835. The Kier molecular flexibility index (Phi) is 3.51. The molecule has 1 unspecified atom stereocenters. The van der Waals surface area contributed by atoms with E-state index in [0.717, 1.165) is 21.8 Å². The van der Waals surface area contributed by atoms with Gasteiger partial charge in [-0.25, -0.2) is 4.68 Å². The number of anilines is 1. The number of benzene rings is 1. The second kappa shape index (κ2) is 5.46. The van der Waals surface area contributed by atoms with Crippen LogP contribution in [0, 0.1) is 0 Å². The molecule has 0 saturated carbocycles. The number of hydrogen-bond acceptors (Lipinski definition) is 5. The molecule has 0 amide bonds. The van der Waals surface area contributed by atoms with Gasteiger partial charge < -0.3 is 9.73 Å². The van der Waals surface area contributed by atoms with Gasteiger partial charge in [-0.3, -0.25) is 0 Å². The molecule has 0 fully saturated rings. The normalized spacial score (nSPS) is 12.3. The van der Waals surface area contributed by atoms with Crippen molar-refractivity contribution in [3.63, 3.8) is 0 Å². The highest BCUT2D eigenvalue weighted by Gasteiger charge is 2.09. The number of aromatic nitrogens is 4. The van der Waals surface area contributed by atoms with Crippen molar-refractivity contribution in [1.29, 1.82) is 0 Å². The fraction of sp³-hybridized carbons (Fsp3) is 0.154. The Morgan fingerprint density at radius 3 is 2.60 bits per heavy atom. The number of halogens is 1. The van der Waals surface area contributed by atoms with Gasteiger partial charge in [0, 0.05) is 5.69 Å². The zero-order valence-corrected chi connectivity index (χ0v) is 12.3. The van der Waals surface area contributed by atoms with Gasteiger partial charge in [0.1, 0.15) is 12.1 Å². The molecule has 2 heterocycles. The number of tetrazole rings is 1. The summed E-state index contributed by atoms with van der Waals surface area (Å²) >= 11 is 3.30. The summed E-state index contributed by atoms with van der Waals surface area (Å²) in [4.78, 5) is 0. The zero-order valence-electron chi connectivity index (χ0n) is 10.7. The van der Waals surface area contributed by atoms with Crippen molar-refractivity contribution >= 4 is 21.6 Å². The Hall–Kier alpha value is -2.15. The zero-order chi connectivity index (χ0) is 13.9. The molecule has 0 spiro atoms. The molecular formula is C13H12BrN5O. The van der Waals surface area contributed by atoms with E-state index >= 15 is 0 Å². The SMILES string of the molecule is CC(Nc1ccc(-n2cnnn2)cc1)c1ccc(Br)o1. The molecule has 0 bridgehead atoms. The van der Waals surface area contributed by atoms with Crippen molar-refractivity contribution in [2.45, 2.75) is 13.0 Å². The predicted molar refractivity (Wildman–Crippen MR) is 77.6 cm³/mol. The maximum Gasteiger partial charge on any atom is 0.169 e. The quantitative estimate of drug-likeness (QED) is 0.794. The fourth-order valence-corrected chi connectivity index (χ4v) is 2.19. The molecule has 1 N–H and O–H groups in total. The molecule has 7 heteroatoms. The van der Waals surface area contributed by atoms with Crippen LogP contribution in [-0.2, 0) is 0 Å². The van der Waals surface area contributed by atoms with Crippen molar-refractivity contribution in [3.05, 3.63) is 53.2 Å². The summed E-state index contributed by atoms with van der Waals surface area (Å²) in [6.45, 7) is 2.04. The minimum Gasteiger partial charge on any atom is -0.452 e. The van der Waals surface area contributed by atoms with E-state index in [1.807, 2.05) is 43.3 Å². The van der Waals surface area contributed by atoms with E-state index in [-0.39, 0.29) is 6.04 Å². The van der Waals surface area contributed by atoms with Gasteiger partial charge in [0.25, 0.3) is 0 Å². The predicted octanol–water partition coefficient (Wildman–Crippen LogP) is 3.19. The monoisotopic (exact) mass is 333 g/mol. The molecule has 0 aliphatic heterocycles. The largest absolute Gasteiger partial charge is 0.452 e. The molecule has 0 aliphatic rings. The van der Waals surface area contributed by atoms with E-state index in [1.165, 1.54) is 0 Å². The molecule has 0 radical (unpaired) electrons. The van der Waals surface area contributed by atoms with Gasteiger partial charge >= 0.3 is 0 Å². The van der Waals surface area contributed by atoms with Gasteiger partial charge in [-0.1, -0.05) is 0 Å². The lowest BCUT2D eigenvalue weighted by Gasteiger charge is -2.13. The summed E-state index contributed by atoms with van der Waals surface area (Å²) in [5, 5.41) is 14.4. The Labute approximate surface area is 123 Å². The van der Waals surface area contributed by atoms with Crippen molar-refractivity contribution in [2.75, 3.05) is 5.32 Å². The van der Waals surface area contributed by atoms with Crippen molar-refractivity contribution in [1.82, 2.24) is 20.2 Å². The van der Waals surface area contributed by atoms with Gasteiger partial charge in [-0.2, -0.15) is 0 Å². The first-order chi connectivity index (χ1) is 9.72. The van der Waals surface area contributed by atoms with E-state index in [0.29, 0.717) is 0 Å². The van der Waals surface area contributed by atoms with Crippen molar-refractivity contribution in [2.24, 2.45) is 0 Å². The van der Waals surface area contributed by atoms with Gasteiger partial charge in [0.2, 0.25) is 0 Å². The van der Waals surface area contributed by atoms with Gasteiger partial charge in [-0.15, -0.1) is 5.10 Å². The second-order valence-corrected chi connectivity index (χ2v) is 5.09. The Balaban J connectivity index is 1.72. The molecule has 0 aliphatic carbocycles. The van der Waals surface area contributed by atoms with E-state index < -0.39 is 0 Å². The van der Waals surface area contributed by atoms with E-state index in [1.54, 1.807) is 11.0 Å². The molecule has 6 nitrogen and oxygen atoms in total. The molecule has 3 aromatic rings. The van der Waals surface area contributed by atoms with Crippen LogP contribution in [0.2, 0.25) is 0 Å². The van der Waals surface area contributed by atoms with Crippen LogP contribution in [0.1, 0.15) is 18.7 Å². The summed E-state index contributed by atoms with van der Waals surface area (Å²) in [7, 11) is 0. The molecule has 0 saturated heterocycles. The van der Waals surface area contributed by atoms with Crippen LogP contribution < -0.4 is 5.32 Å². The fourth-order valence-electron chi connectivity index (χ4n) is 1.87. The topological polar surface area (TPSA) is 68.8 Å². The molecule has 1 atom stereocenters. The smallest absolute Gasteiger partial charge is 0.169 e. The molecular weight excluding hydrogens is 322 g/mol. The summed E-state index contributed by atoms with van der Waals surface area (Å²) in [6, 6.07) is 11.8. The van der Waals surface area contributed by atoms with Gasteiger partial charge in [0.05, 0.1) is 11.7 Å². The van der Waals surface area contributed by atoms with Gasteiger partial charge in [-0.05, 0) is 69.7 Å². The maximum atomic E-state index is 5.52. The minimum absolute atomic E-state index is 0.0835. The summed E-state index contributed by atoms with van der Waals surface area (Å²) < 4.78 is 7.86. The highest BCUT2D eigenvalue weighted by molar-refractivity contribution is 9.10. The first kappa shape index (κ1) is 12.9. The summed E-state index contributed by atoms with van der Waals surface area (Å²) in [5.41, 5.74) is 1.91. The summed E-state index contributed by atoms with van der Waals surface area (Å²) in [6.07, 6.45) is 1.56. The number of hydrogen-bond donors (Lipinski definition) is 1. The van der Waals surface area contributed by atoms with E-state index in [4.69, 9.17) is 4.42 Å². The van der Waals surface area contributed by atoms with Gasteiger partial charge in [0.15, 0.2) is 4.67 Å². The van der Waals surface area contributed by atoms with E-state index in [9.17, 15) is 0 Å². The lowest BCUT2D eigenvalue weighted by molar-refractivity contribution is 0.471. The van der Waals surface area contributed by atoms with Crippen LogP contribution in [0.25, 0.3) is 5.69 Å². The van der Waals surface area contributed by atoms with E-state index in [2.05, 4.69) is 36.8 Å². The highest BCUT2D eigenvalue weighted by Crippen LogP contribution is 2.24. The highest BCUT2D eigenvalue weighted by atomic mass is 79.9. The molecule has 2 aromatic heterocycles. The third-order valence-corrected chi connectivity index (χ3v) is 3.31. The average Bonchev–Trinajstić information content (AvgIpc) is 3.10. The second-order valence-electron chi connectivity index (χ2n) is 4.31. The van der Waals surface area contributed by atoms with Crippen LogP contribution in [0.3, 0.4) is 0 Å². The van der Waals surface area contributed by atoms with Crippen molar-refractivity contribution in [3.8, 4) is 5.69 Å². The number of nitrogens with one attached hydrogen (secondary N) is 1. The third-order valence-electron chi connectivity index (χ3n) is 2.88. The third kappa shape index (κ3) is 2.72. The molecule has 102 valence electrons. The standard InChI is InChI=1S/C13H12BrN5O/c1-9(12-6-7-13(14)20-12)16-10-2-4-11(5-3-10)19-8-15-17-18-19/h2-9,16H,1H3. The lowest BCUT2D eigenvalue weighted by atomic mass is 10.2. The lowest BCUT2D eigenvalue weighted by Crippen LogP contribution is -2.05. The molecule has 20 heavy (non-hydrogen) atoms. The first-order valence-electron chi connectivity index (χ1n) is 6.07. The Morgan fingerprint density at radius 1 is 1.20 bits per heavy atom. The van der Waals surface area contributed by atoms with Crippen molar-refractivity contribution < 1.29 is 4.42 Å². The maximum absolute atomic E-state index is 5.52. The van der Waals surface area contributed by atoms with Crippen LogP contribution in [0.5, 0.6) is 0 Å². The first-order valence-corrected chi connectivity index (χ1v) is 6.87. The van der Waals surface area contributed by atoms with Crippen LogP contribution in [0.15, 0.2) is 51.8 Å². The van der Waals surface area contributed by atoms with Crippen LogP contribution in [0.4, 0.5) is 5.69 Å².